The second-order valence-electron chi connectivity index (χ2n) is 10.8. The molecule has 0 spiro atoms. The van der Waals surface area contributed by atoms with E-state index in [1.807, 2.05) is 60.1 Å². The van der Waals surface area contributed by atoms with Gasteiger partial charge in [0, 0.05) is 19.2 Å². The van der Waals surface area contributed by atoms with Crippen LogP contribution >= 0.6 is 0 Å². The Kier molecular flexibility index (Phi) is 10.5. The van der Waals surface area contributed by atoms with E-state index in [1.54, 1.807) is 24.3 Å². The number of hydrogen-bond acceptors (Lipinski definition) is 6. The number of carbonyl (C=O) groups excluding carboxylic acids is 2. The van der Waals surface area contributed by atoms with Gasteiger partial charge in [-0.3, -0.25) is 14.9 Å². The van der Waals surface area contributed by atoms with E-state index in [4.69, 9.17) is 0 Å². The normalized spacial score (nSPS) is 12.4. The zero-order valence-electron chi connectivity index (χ0n) is 24.0. The van der Waals surface area contributed by atoms with Gasteiger partial charge in [-0.1, -0.05) is 69.3 Å². The Morgan fingerprint density at radius 1 is 0.976 bits per heavy atom. The van der Waals surface area contributed by atoms with Crippen molar-refractivity contribution in [2.24, 2.45) is 7.05 Å². The average Bonchev–Trinajstić information content (AvgIpc) is 3.21. The molecule has 0 aliphatic heterocycles. The average molecular weight is 585 g/mol. The van der Waals surface area contributed by atoms with Gasteiger partial charge in [-0.2, -0.15) is 0 Å². The molecule has 1 unspecified atom stereocenters. The molecule has 0 radical (unpaired) electrons. The molecule has 0 aliphatic carbocycles. The van der Waals surface area contributed by atoms with E-state index < -0.39 is 27.7 Å². The zero-order valence-corrected chi connectivity index (χ0v) is 26.8. The van der Waals surface area contributed by atoms with E-state index in [2.05, 4.69) is 36.4 Å². The summed E-state index contributed by atoms with van der Waals surface area (Å²) in [6.07, 6.45) is 0.376. The summed E-state index contributed by atoms with van der Waals surface area (Å²) >= 11 is 0. The summed E-state index contributed by atoms with van der Waals surface area (Å²) in [4.78, 5) is 30.6. The number of carbonyl (C=O) groups is 2. The molecule has 2 N–H and O–H groups in total. The number of nitrogens with one attached hydrogen (secondary N) is 2. The summed E-state index contributed by atoms with van der Waals surface area (Å²) in [7, 11) is -2.55. The smallest absolute Gasteiger partial charge is 0.748 e. The van der Waals surface area contributed by atoms with Crippen LogP contribution in [0.15, 0.2) is 72.8 Å². The van der Waals surface area contributed by atoms with Crippen LogP contribution < -0.4 is 40.2 Å². The number of aryl methyl sites for hydroxylation is 1. The second-order valence-corrected chi connectivity index (χ2v) is 12.3. The monoisotopic (exact) mass is 584 g/mol. The van der Waals surface area contributed by atoms with E-state index in [0.29, 0.717) is 17.9 Å². The molecule has 1 aromatic heterocycles. The van der Waals surface area contributed by atoms with Crippen molar-refractivity contribution in [3.05, 3.63) is 95.1 Å². The van der Waals surface area contributed by atoms with Crippen molar-refractivity contribution in [1.29, 1.82) is 0 Å². The summed E-state index contributed by atoms with van der Waals surface area (Å²) in [5.41, 5.74) is 4.83. The minimum Gasteiger partial charge on any atom is -0.748 e. The van der Waals surface area contributed by atoms with Crippen molar-refractivity contribution in [2.75, 3.05) is 17.6 Å². The van der Waals surface area contributed by atoms with Crippen LogP contribution in [0, 0.1) is 0 Å². The zero-order chi connectivity index (χ0) is 29.1. The first kappa shape index (κ1) is 32.5. The number of nitrogens with zero attached hydrogens (tertiary/aromatic N) is 2. The third kappa shape index (κ3) is 8.50. The molecule has 1 heterocycles. The Hall–Kier alpha value is -3.02. The summed E-state index contributed by atoms with van der Waals surface area (Å²) in [5, 5.41) is 5.43. The van der Waals surface area contributed by atoms with Gasteiger partial charge in [0.2, 0.25) is 11.9 Å². The maximum absolute atomic E-state index is 13.7. The molecule has 11 heteroatoms. The fourth-order valence-corrected chi connectivity index (χ4v) is 4.80. The van der Waals surface area contributed by atoms with E-state index >= 15 is 0 Å². The minimum atomic E-state index is -4.41. The molecule has 9 nitrogen and oxygen atoms in total. The molecule has 4 rings (SSSR count). The van der Waals surface area contributed by atoms with Crippen molar-refractivity contribution >= 4 is 38.9 Å². The number of benzene rings is 3. The van der Waals surface area contributed by atoms with Gasteiger partial charge in [0.1, 0.15) is 0 Å². The van der Waals surface area contributed by atoms with E-state index in [-0.39, 0.29) is 47.4 Å². The Balaban J connectivity index is 0.00000462. The molecule has 0 aliphatic rings. The van der Waals surface area contributed by atoms with Crippen LogP contribution in [0.1, 0.15) is 53.7 Å². The van der Waals surface area contributed by atoms with Gasteiger partial charge in [0.25, 0.3) is 5.91 Å². The number of aromatic nitrogens is 2. The van der Waals surface area contributed by atoms with Crippen LogP contribution in [0.5, 0.6) is 0 Å². The van der Waals surface area contributed by atoms with Crippen molar-refractivity contribution < 1.29 is 52.1 Å². The van der Waals surface area contributed by atoms with Crippen molar-refractivity contribution in [3.8, 4) is 0 Å². The number of anilines is 1. The first-order valence-electron chi connectivity index (χ1n) is 13.0. The summed E-state index contributed by atoms with van der Waals surface area (Å²) in [6, 6.07) is 22.4. The SMILES string of the molecule is Cn1c(NC(=O)C(Cc2ccc(C(=O)NCCS(=O)(=O)[O-])cc2)c2ccc(C(C)(C)C)cc2)nc2ccccc21.[Na+]. The third-order valence-corrected chi connectivity index (χ3v) is 7.52. The Morgan fingerprint density at radius 2 is 1.61 bits per heavy atom. The molecule has 2 amide bonds. The number of para-hydroxylation sites is 2. The topological polar surface area (TPSA) is 133 Å². The maximum Gasteiger partial charge on any atom is 1.00 e. The van der Waals surface area contributed by atoms with E-state index in [1.165, 1.54) is 0 Å². The molecule has 210 valence electrons. The van der Waals surface area contributed by atoms with Crippen LogP contribution in [0.4, 0.5) is 5.95 Å². The van der Waals surface area contributed by atoms with Gasteiger partial charge in [0.15, 0.2) is 0 Å². The van der Waals surface area contributed by atoms with Gasteiger partial charge in [-0.25, -0.2) is 13.4 Å². The standard InChI is InChI=1S/C30H34N4O5S.Na/c1-30(2,3)23-15-13-21(14-16-23)24(28(36)33-29-32-25-7-5-6-8-26(25)34(29)4)19-20-9-11-22(12-10-20)27(35)31-17-18-40(37,38)39;/h5-16,24H,17-19H2,1-4H3,(H,31,35)(H,32,33,36)(H,37,38,39);/q;+1/p-1. The number of fused-ring (bicyclic) bond motifs is 1. The molecule has 0 saturated heterocycles. The fraction of sp³-hybridized carbons (Fsp3) is 0.300. The van der Waals surface area contributed by atoms with Crippen LogP contribution in [0.2, 0.25) is 0 Å². The predicted octanol–water partition coefficient (Wildman–Crippen LogP) is 1.11. The fourth-order valence-electron chi connectivity index (χ4n) is 4.45. The summed E-state index contributed by atoms with van der Waals surface area (Å²) in [6.45, 7) is 6.14. The molecular formula is C30H33N4NaO5S. The second kappa shape index (κ2) is 13.3. The Labute approximate surface area is 262 Å². The van der Waals surface area contributed by atoms with Crippen LogP contribution in [0.3, 0.4) is 0 Å². The first-order valence-corrected chi connectivity index (χ1v) is 14.5. The molecule has 0 saturated carbocycles. The molecule has 1 atom stereocenters. The van der Waals surface area contributed by atoms with Gasteiger partial charge < -0.3 is 14.4 Å². The number of hydrogen-bond donors (Lipinski definition) is 2. The molecule has 0 fully saturated rings. The Bertz CT molecular complexity index is 1630. The minimum absolute atomic E-state index is 0. The molecule has 3 aromatic carbocycles. The summed E-state index contributed by atoms with van der Waals surface area (Å²) in [5.74, 6) is -1.44. The van der Waals surface area contributed by atoms with Gasteiger partial charge in [-0.05, 0) is 52.8 Å². The van der Waals surface area contributed by atoms with Gasteiger partial charge in [-0.15, -0.1) is 0 Å². The molecule has 4 aromatic rings. The molecule has 41 heavy (non-hydrogen) atoms. The van der Waals surface area contributed by atoms with Gasteiger partial charge >= 0.3 is 29.6 Å². The predicted molar refractivity (Wildman–Crippen MR) is 154 cm³/mol. The van der Waals surface area contributed by atoms with Crippen LogP contribution in [-0.4, -0.2) is 46.6 Å². The summed E-state index contributed by atoms with van der Waals surface area (Å²) < 4.78 is 34.2. The van der Waals surface area contributed by atoms with Gasteiger partial charge in [0.05, 0.1) is 32.8 Å². The maximum atomic E-state index is 13.7. The number of amides is 2. The number of imidazole rings is 1. The van der Waals surface area contributed by atoms with Crippen molar-refractivity contribution in [1.82, 2.24) is 14.9 Å². The van der Waals surface area contributed by atoms with E-state index in [0.717, 1.165) is 27.7 Å². The Morgan fingerprint density at radius 3 is 2.20 bits per heavy atom. The molecule has 0 bridgehead atoms. The van der Waals surface area contributed by atoms with Crippen molar-refractivity contribution in [3.63, 3.8) is 0 Å². The van der Waals surface area contributed by atoms with E-state index in [9.17, 15) is 22.6 Å². The quantitative estimate of drug-likeness (QED) is 0.224. The largest absolute Gasteiger partial charge is 1.00 e. The molecular weight excluding hydrogens is 551 g/mol. The van der Waals surface area contributed by atoms with Crippen molar-refractivity contribution in [2.45, 2.75) is 38.5 Å². The first-order chi connectivity index (χ1) is 18.8. The number of rotatable bonds is 9. The van der Waals surface area contributed by atoms with Crippen LogP contribution in [0.25, 0.3) is 11.0 Å². The third-order valence-electron chi connectivity index (χ3n) is 6.81. The van der Waals surface area contributed by atoms with Crippen LogP contribution in [-0.2, 0) is 33.8 Å².